The van der Waals surface area contributed by atoms with Crippen LogP contribution >= 0.6 is 45.7 Å². The van der Waals surface area contributed by atoms with E-state index in [-0.39, 0.29) is 34.3 Å². The molecule has 0 amide bonds. The number of hydrogen-bond acceptors (Lipinski definition) is 7. The van der Waals surface area contributed by atoms with Crippen molar-refractivity contribution in [1.82, 2.24) is 15.9 Å². The molecule has 2 unspecified atom stereocenters. The van der Waals surface area contributed by atoms with Crippen molar-refractivity contribution in [3.05, 3.63) is 22.0 Å². The quantitative estimate of drug-likeness (QED) is 0.332. The molecule has 0 aromatic carbocycles. The number of anilines is 1. The lowest BCUT2D eigenvalue weighted by atomic mass is 10.1. The van der Waals surface area contributed by atoms with Gasteiger partial charge >= 0.3 is 5.69 Å². The molecule has 2 aromatic rings. The molecule has 1 fully saturated rings. The molecular weight excluding hydrogens is 591 g/mol. The second-order valence-corrected chi connectivity index (χ2v) is 10.9. The van der Waals surface area contributed by atoms with Gasteiger partial charge in [0, 0.05) is 42.0 Å². The Balaban J connectivity index is 2.20. The Morgan fingerprint density at radius 3 is 2.62 bits per heavy atom. The molecule has 2 aliphatic rings. The molecule has 0 N–H and O–H groups in total. The lowest BCUT2D eigenvalue weighted by Gasteiger charge is -2.43. The van der Waals surface area contributed by atoms with Crippen LogP contribution in [0.25, 0.3) is 11.0 Å². The van der Waals surface area contributed by atoms with Gasteiger partial charge < -0.3 is 4.90 Å². The third-order valence-corrected chi connectivity index (χ3v) is 8.21. The number of aromatic nitrogens is 3. The second-order valence-electron chi connectivity index (χ2n) is 6.56. The minimum absolute atomic E-state index is 0.0542. The van der Waals surface area contributed by atoms with Gasteiger partial charge in [-0.15, -0.1) is 0 Å². The van der Waals surface area contributed by atoms with E-state index in [1.54, 1.807) is 22.9 Å². The highest BCUT2D eigenvalue weighted by atomic mass is 127. The van der Waals surface area contributed by atoms with Crippen molar-refractivity contribution in [2.75, 3.05) is 23.7 Å². The molecule has 12 heteroatoms. The third-order valence-electron chi connectivity index (χ3n) is 4.73. The first-order chi connectivity index (χ1) is 12.1. The van der Waals surface area contributed by atoms with E-state index in [1.807, 2.05) is 14.9 Å². The van der Waals surface area contributed by atoms with Crippen LogP contribution in [-0.4, -0.2) is 55.2 Å². The zero-order valence-corrected chi connectivity index (χ0v) is 18.9. The van der Waals surface area contributed by atoms with E-state index in [0.29, 0.717) is 13.1 Å². The third kappa shape index (κ3) is 2.66. The van der Waals surface area contributed by atoms with E-state index in [0.717, 1.165) is 2.78 Å². The Morgan fingerprint density at radius 1 is 1.23 bits per heavy atom. The Morgan fingerprint density at radius 2 is 1.92 bits per heavy atom. The molecule has 0 bridgehead atoms. The number of aryl methyl sites for hydroxylation is 1. The van der Waals surface area contributed by atoms with Crippen molar-refractivity contribution < 1.29 is 12.8 Å². The van der Waals surface area contributed by atoms with Crippen LogP contribution in [0.3, 0.4) is 0 Å². The molecular formula is C14H14FI2N5O3S. The monoisotopic (exact) mass is 605 g/mol. The fourth-order valence-electron chi connectivity index (χ4n) is 3.72. The van der Waals surface area contributed by atoms with Crippen LogP contribution in [0.2, 0.25) is 0 Å². The molecule has 0 radical (unpaired) electrons. The van der Waals surface area contributed by atoms with Crippen LogP contribution in [0.5, 0.6) is 0 Å². The fourth-order valence-corrected chi connectivity index (χ4v) is 7.06. The van der Waals surface area contributed by atoms with Gasteiger partial charge in [0.1, 0.15) is 10.7 Å². The summed E-state index contributed by atoms with van der Waals surface area (Å²) in [5.74, 6) is -0.894. The molecule has 2 aliphatic heterocycles. The fraction of sp³-hybridized carbons (Fsp3) is 0.500. The van der Waals surface area contributed by atoms with Gasteiger partial charge in [-0.25, -0.2) is 28.5 Å². The van der Waals surface area contributed by atoms with Crippen molar-refractivity contribution in [2.45, 2.75) is 30.8 Å². The second kappa shape index (κ2) is 6.20. The lowest BCUT2D eigenvalue weighted by Crippen LogP contribution is -2.57. The van der Waals surface area contributed by atoms with Crippen molar-refractivity contribution >= 4 is 72.4 Å². The van der Waals surface area contributed by atoms with Gasteiger partial charge in [-0.1, -0.05) is 0 Å². The molecule has 8 nitrogen and oxygen atoms in total. The average Bonchev–Trinajstić information content (AvgIpc) is 2.61. The number of hydrogen-bond donors (Lipinski definition) is 0. The number of halogens is 3. The first-order valence-electron chi connectivity index (χ1n) is 7.82. The standard InChI is InChI=1S/C14H14FI2N5O3S/c1-6-3-20(16)4-8-5-26(24,25)11-9-12(21(6)8)19-14(23)22(17)13(9)18-7(2)10(11)15/h6,8H,3-5H2,1-2H3. The number of nitrogens with zero attached hydrogens (tertiary/aromatic N) is 5. The van der Waals surface area contributed by atoms with Crippen LogP contribution in [0.15, 0.2) is 9.69 Å². The van der Waals surface area contributed by atoms with Gasteiger partial charge in [0.2, 0.25) is 0 Å². The number of sulfone groups is 1. The maximum Gasteiger partial charge on any atom is 0.360 e. The largest absolute Gasteiger partial charge is 0.360 e. The zero-order chi connectivity index (χ0) is 19.0. The van der Waals surface area contributed by atoms with Gasteiger partial charge in [-0.3, -0.25) is 0 Å². The van der Waals surface area contributed by atoms with Crippen LogP contribution in [-0.2, 0) is 9.84 Å². The molecule has 0 aliphatic carbocycles. The van der Waals surface area contributed by atoms with Gasteiger partial charge in [-0.2, -0.15) is 4.98 Å². The van der Waals surface area contributed by atoms with Gasteiger partial charge in [0.05, 0.1) is 45.7 Å². The van der Waals surface area contributed by atoms with Crippen molar-refractivity contribution in [2.24, 2.45) is 0 Å². The minimum Gasteiger partial charge on any atom is -0.346 e. The normalized spacial score (nSPS) is 25.2. The van der Waals surface area contributed by atoms with E-state index in [9.17, 15) is 17.6 Å². The molecule has 140 valence electrons. The Labute approximate surface area is 176 Å². The highest BCUT2D eigenvalue weighted by molar-refractivity contribution is 14.1. The number of piperazine rings is 1. The number of rotatable bonds is 0. The van der Waals surface area contributed by atoms with Crippen LogP contribution in [0.1, 0.15) is 12.6 Å². The van der Waals surface area contributed by atoms with Crippen LogP contribution in [0, 0.1) is 12.7 Å². The summed E-state index contributed by atoms with van der Waals surface area (Å²) in [6, 6.07) is -0.510. The molecule has 4 heterocycles. The molecule has 4 rings (SSSR count). The molecule has 2 atom stereocenters. The maximum atomic E-state index is 14.9. The van der Waals surface area contributed by atoms with Crippen molar-refractivity contribution in [3.63, 3.8) is 0 Å². The SMILES string of the molecule is Cc1nc2c3c(nc(=O)n2I)N2C(C)CN(I)CC2CS(=O)(=O)c3c1F. The van der Waals surface area contributed by atoms with Crippen LogP contribution in [0.4, 0.5) is 10.2 Å². The van der Waals surface area contributed by atoms with E-state index in [4.69, 9.17) is 0 Å². The summed E-state index contributed by atoms with van der Waals surface area (Å²) in [4.78, 5) is 22.1. The van der Waals surface area contributed by atoms with Gasteiger partial charge in [0.15, 0.2) is 21.3 Å². The summed E-state index contributed by atoms with van der Waals surface area (Å²) in [5.41, 5.74) is -0.482. The molecule has 2 aromatic heterocycles. The number of pyridine rings is 1. The Kier molecular flexibility index (Phi) is 4.47. The molecule has 0 saturated carbocycles. The van der Waals surface area contributed by atoms with Crippen molar-refractivity contribution in [3.8, 4) is 0 Å². The average molecular weight is 605 g/mol. The summed E-state index contributed by atoms with van der Waals surface area (Å²) < 4.78 is 44.2. The van der Waals surface area contributed by atoms with E-state index in [1.165, 1.54) is 6.92 Å². The summed E-state index contributed by atoms with van der Waals surface area (Å²) in [6.45, 7) is 4.49. The predicted molar refractivity (Wildman–Crippen MR) is 111 cm³/mol. The zero-order valence-electron chi connectivity index (χ0n) is 13.8. The van der Waals surface area contributed by atoms with Crippen LogP contribution < -0.4 is 10.6 Å². The molecule has 1 saturated heterocycles. The van der Waals surface area contributed by atoms with Gasteiger partial charge in [-0.05, 0) is 13.8 Å². The number of fused-ring (bicyclic) bond motifs is 2. The predicted octanol–water partition coefficient (Wildman–Crippen LogP) is 1.45. The minimum atomic E-state index is -3.93. The summed E-state index contributed by atoms with van der Waals surface area (Å²) in [6.07, 6.45) is 0. The van der Waals surface area contributed by atoms with E-state index in [2.05, 4.69) is 32.8 Å². The lowest BCUT2D eigenvalue weighted by molar-refractivity contribution is 0.345. The smallest absolute Gasteiger partial charge is 0.346 e. The van der Waals surface area contributed by atoms with Gasteiger partial charge in [0.25, 0.3) is 0 Å². The van der Waals surface area contributed by atoms with E-state index >= 15 is 0 Å². The summed E-state index contributed by atoms with van der Waals surface area (Å²) in [7, 11) is -3.93. The Bertz CT molecular complexity index is 1110. The first kappa shape index (κ1) is 18.7. The molecule has 26 heavy (non-hydrogen) atoms. The summed E-state index contributed by atoms with van der Waals surface area (Å²) >= 11 is 3.87. The topological polar surface area (TPSA) is 88.4 Å². The first-order valence-corrected chi connectivity index (χ1v) is 11.4. The summed E-state index contributed by atoms with van der Waals surface area (Å²) in [5, 5.41) is 0.0957. The molecule has 0 spiro atoms. The van der Waals surface area contributed by atoms with Crippen molar-refractivity contribution in [1.29, 1.82) is 0 Å². The Hall–Kier alpha value is -0.610. The highest BCUT2D eigenvalue weighted by Gasteiger charge is 2.43. The maximum absolute atomic E-state index is 14.9. The highest BCUT2D eigenvalue weighted by Crippen LogP contribution is 2.39. The van der Waals surface area contributed by atoms with E-state index < -0.39 is 32.3 Å².